The summed E-state index contributed by atoms with van der Waals surface area (Å²) in [6.07, 6.45) is 0. The van der Waals surface area contributed by atoms with Crippen molar-refractivity contribution in [2.45, 2.75) is 31.4 Å². The third-order valence-corrected chi connectivity index (χ3v) is 6.81. The SMILES string of the molecule is CCOC(=O)COc1ccc(SCc2sc(-c3ccc(Cl)cc3)nc2C)cc1C. The maximum absolute atomic E-state index is 11.4. The van der Waals surface area contributed by atoms with Crippen LogP contribution in [0.1, 0.15) is 23.1 Å². The van der Waals surface area contributed by atoms with Crippen molar-refractivity contribution < 1.29 is 14.3 Å². The van der Waals surface area contributed by atoms with Gasteiger partial charge in [0.25, 0.3) is 0 Å². The first kappa shape index (κ1) is 21.7. The van der Waals surface area contributed by atoms with Crippen molar-refractivity contribution in [1.29, 1.82) is 0 Å². The smallest absolute Gasteiger partial charge is 0.344 e. The van der Waals surface area contributed by atoms with E-state index in [1.807, 2.05) is 50.2 Å². The molecule has 0 aliphatic heterocycles. The highest BCUT2D eigenvalue weighted by Gasteiger charge is 2.11. The van der Waals surface area contributed by atoms with Crippen LogP contribution in [0.5, 0.6) is 5.75 Å². The Morgan fingerprint density at radius 2 is 1.93 bits per heavy atom. The Bertz CT molecular complexity index is 986. The quantitative estimate of drug-likeness (QED) is 0.299. The van der Waals surface area contributed by atoms with E-state index in [1.165, 1.54) is 4.88 Å². The van der Waals surface area contributed by atoms with Crippen LogP contribution in [0.3, 0.4) is 0 Å². The Morgan fingerprint density at radius 1 is 1.17 bits per heavy atom. The lowest BCUT2D eigenvalue weighted by Crippen LogP contribution is -2.14. The summed E-state index contributed by atoms with van der Waals surface area (Å²) in [7, 11) is 0. The summed E-state index contributed by atoms with van der Waals surface area (Å²) in [5.41, 5.74) is 3.12. The second kappa shape index (κ2) is 10.1. The van der Waals surface area contributed by atoms with E-state index in [2.05, 4.69) is 6.07 Å². The first-order valence-electron chi connectivity index (χ1n) is 9.20. The van der Waals surface area contributed by atoms with Gasteiger partial charge in [0.15, 0.2) is 6.61 Å². The molecule has 0 fully saturated rings. The molecule has 0 atom stereocenters. The molecule has 1 aromatic heterocycles. The van der Waals surface area contributed by atoms with E-state index >= 15 is 0 Å². The molecule has 0 saturated carbocycles. The van der Waals surface area contributed by atoms with Gasteiger partial charge in [-0.2, -0.15) is 0 Å². The molecule has 0 bridgehead atoms. The number of carbonyl (C=O) groups is 1. The molecule has 3 rings (SSSR count). The molecule has 0 spiro atoms. The molecule has 0 radical (unpaired) electrons. The molecule has 0 amide bonds. The van der Waals surface area contributed by atoms with Gasteiger partial charge in [0.1, 0.15) is 10.8 Å². The highest BCUT2D eigenvalue weighted by molar-refractivity contribution is 7.98. The minimum absolute atomic E-state index is 0.0747. The molecule has 0 saturated heterocycles. The highest BCUT2D eigenvalue weighted by Crippen LogP contribution is 2.34. The average molecular weight is 448 g/mol. The standard InChI is InChI=1S/C22H22ClNO3S2/c1-4-26-21(25)12-27-19-10-9-18(11-14(19)2)28-13-20-15(3)24-22(29-20)16-5-7-17(23)8-6-16/h5-11H,4,12-13H2,1-3H3. The largest absolute Gasteiger partial charge is 0.482 e. The van der Waals surface area contributed by atoms with Crippen LogP contribution in [0.15, 0.2) is 47.4 Å². The van der Waals surface area contributed by atoms with Gasteiger partial charge < -0.3 is 9.47 Å². The van der Waals surface area contributed by atoms with Crippen LogP contribution in [0.25, 0.3) is 10.6 Å². The summed E-state index contributed by atoms with van der Waals surface area (Å²) in [4.78, 5) is 18.5. The van der Waals surface area contributed by atoms with Gasteiger partial charge in [-0.3, -0.25) is 0 Å². The summed E-state index contributed by atoms with van der Waals surface area (Å²) in [6.45, 7) is 6.07. The van der Waals surface area contributed by atoms with Crippen LogP contribution in [-0.4, -0.2) is 24.2 Å². The fourth-order valence-corrected chi connectivity index (χ4v) is 4.97. The molecule has 7 heteroatoms. The first-order chi connectivity index (χ1) is 14.0. The second-order valence-electron chi connectivity index (χ2n) is 6.34. The lowest BCUT2D eigenvalue weighted by atomic mass is 10.2. The fourth-order valence-electron chi connectivity index (χ4n) is 2.64. The Hall–Kier alpha value is -2.02. The zero-order valence-electron chi connectivity index (χ0n) is 16.5. The van der Waals surface area contributed by atoms with Gasteiger partial charge in [0.2, 0.25) is 0 Å². The Kier molecular flexibility index (Phi) is 7.58. The van der Waals surface area contributed by atoms with Crippen LogP contribution >= 0.6 is 34.7 Å². The van der Waals surface area contributed by atoms with Gasteiger partial charge in [0, 0.05) is 26.1 Å². The lowest BCUT2D eigenvalue weighted by molar-refractivity contribution is -0.145. The molecule has 4 nitrogen and oxygen atoms in total. The van der Waals surface area contributed by atoms with Gasteiger partial charge in [-0.25, -0.2) is 9.78 Å². The lowest BCUT2D eigenvalue weighted by Gasteiger charge is -2.10. The number of thioether (sulfide) groups is 1. The number of ether oxygens (including phenoxy) is 2. The van der Waals surface area contributed by atoms with E-state index in [9.17, 15) is 4.79 Å². The van der Waals surface area contributed by atoms with Gasteiger partial charge in [-0.1, -0.05) is 23.7 Å². The summed E-state index contributed by atoms with van der Waals surface area (Å²) >= 11 is 9.44. The molecule has 0 aliphatic carbocycles. The van der Waals surface area contributed by atoms with Gasteiger partial charge in [-0.05, 0) is 56.7 Å². The number of hydrogen-bond acceptors (Lipinski definition) is 6. The summed E-state index contributed by atoms with van der Waals surface area (Å²) in [5.74, 6) is 1.18. The Morgan fingerprint density at radius 3 is 2.62 bits per heavy atom. The maximum Gasteiger partial charge on any atom is 0.344 e. The predicted octanol–water partition coefficient (Wildman–Crippen LogP) is 6.31. The van der Waals surface area contributed by atoms with Crippen molar-refractivity contribution in [1.82, 2.24) is 4.98 Å². The van der Waals surface area contributed by atoms with Crippen molar-refractivity contribution in [3.8, 4) is 16.3 Å². The molecule has 3 aromatic rings. The molecule has 1 heterocycles. The number of aryl methyl sites for hydroxylation is 2. The van der Waals surface area contributed by atoms with E-state index in [4.69, 9.17) is 26.1 Å². The van der Waals surface area contributed by atoms with Gasteiger partial charge in [0.05, 0.1) is 12.3 Å². The predicted molar refractivity (Wildman–Crippen MR) is 120 cm³/mol. The van der Waals surface area contributed by atoms with E-state index < -0.39 is 0 Å². The van der Waals surface area contributed by atoms with E-state index in [0.29, 0.717) is 12.4 Å². The minimum Gasteiger partial charge on any atom is -0.482 e. The molecule has 0 unspecified atom stereocenters. The third kappa shape index (κ3) is 5.98. The van der Waals surface area contributed by atoms with Gasteiger partial charge in [-0.15, -0.1) is 23.1 Å². The fraction of sp³-hybridized carbons (Fsp3) is 0.273. The van der Waals surface area contributed by atoms with Crippen LogP contribution < -0.4 is 4.74 Å². The number of thiazole rings is 1. The molecule has 2 aromatic carbocycles. The number of halogens is 1. The van der Waals surface area contributed by atoms with E-state index in [0.717, 1.165) is 37.5 Å². The first-order valence-corrected chi connectivity index (χ1v) is 11.4. The summed E-state index contributed by atoms with van der Waals surface area (Å²) in [5, 5.41) is 1.73. The Labute approximate surface area is 184 Å². The zero-order chi connectivity index (χ0) is 20.8. The summed E-state index contributed by atoms with van der Waals surface area (Å²) in [6, 6.07) is 13.7. The zero-order valence-corrected chi connectivity index (χ0v) is 18.9. The minimum atomic E-state index is -0.359. The number of aromatic nitrogens is 1. The van der Waals surface area contributed by atoms with Crippen molar-refractivity contribution in [2.24, 2.45) is 0 Å². The molecular weight excluding hydrogens is 426 g/mol. The molecular formula is C22H22ClNO3S2. The van der Waals surface area contributed by atoms with E-state index in [-0.39, 0.29) is 12.6 Å². The van der Waals surface area contributed by atoms with Crippen molar-refractivity contribution in [3.63, 3.8) is 0 Å². The highest BCUT2D eigenvalue weighted by atomic mass is 35.5. The van der Waals surface area contributed by atoms with E-state index in [1.54, 1.807) is 30.0 Å². The van der Waals surface area contributed by atoms with Crippen LogP contribution in [-0.2, 0) is 15.3 Å². The Balaban J connectivity index is 1.62. The molecule has 29 heavy (non-hydrogen) atoms. The normalized spacial score (nSPS) is 10.8. The monoisotopic (exact) mass is 447 g/mol. The maximum atomic E-state index is 11.4. The number of carbonyl (C=O) groups excluding carboxylic acids is 1. The third-order valence-electron chi connectivity index (χ3n) is 4.15. The van der Waals surface area contributed by atoms with Gasteiger partial charge >= 0.3 is 5.97 Å². The number of rotatable bonds is 8. The topological polar surface area (TPSA) is 48.4 Å². The van der Waals surface area contributed by atoms with Crippen molar-refractivity contribution >= 4 is 40.7 Å². The van der Waals surface area contributed by atoms with Crippen molar-refractivity contribution in [3.05, 3.63) is 63.6 Å². The molecule has 152 valence electrons. The number of esters is 1. The summed E-state index contributed by atoms with van der Waals surface area (Å²) < 4.78 is 10.4. The van der Waals surface area contributed by atoms with Crippen LogP contribution in [0.4, 0.5) is 0 Å². The number of hydrogen-bond donors (Lipinski definition) is 0. The average Bonchev–Trinajstić information content (AvgIpc) is 3.07. The number of benzene rings is 2. The van der Waals surface area contributed by atoms with Crippen LogP contribution in [0, 0.1) is 13.8 Å². The molecule has 0 N–H and O–H groups in total. The van der Waals surface area contributed by atoms with Crippen molar-refractivity contribution in [2.75, 3.05) is 13.2 Å². The molecule has 0 aliphatic rings. The number of nitrogens with zero attached hydrogens (tertiary/aromatic N) is 1. The second-order valence-corrected chi connectivity index (χ2v) is 8.91. The van der Waals surface area contributed by atoms with Crippen LogP contribution in [0.2, 0.25) is 5.02 Å².